The van der Waals surface area contributed by atoms with Crippen molar-refractivity contribution in [1.82, 2.24) is 0 Å². The normalized spacial score (nSPS) is 13.0. The standard InChI is InChI=1S/C6H10.C6H12/c1-2-3-6-4-5-6;1-3-5-6-4-2/h3H,2,4-5H2,1H3;3H,1,4-6H2,2H3. The second kappa shape index (κ2) is 8.58. The van der Waals surface area contributed by atoms with Crippen molar-refractivity contribution in [3.63, 3.8) is 0 Å². The Bertz CT molecular complexity index is 125. The van der Waals surface area contributed by atoms with Gasteiger partial charge in [0.05, 0.1) is 0 Å². The molecule has 0 bridgehead atoms. The number of hydrogen-bond donors (Lipinski definition) is 0. The van der Waals surface area contributed by atoms with E-state index in [1.807, 2.05) is 6.08 Å². The average Bonchev–Trinajstić information content (AvgIpc) is 2.86. The fourth-order valence-corrected chi connectivity index (χ4v) is 0.913. The lowest BCUT2D eigenvalue weighted by molar-refractivity contribution is 0.816. The van der Waals surface area contributed by atoms with Gasteiger partial charge in [-0.3, -0.25) is 0 Å². The Kier molecular flexibility index (Phi) is 8.20. The minimum Gasteiger partial charge on any atom is -0.103 e. The van der Waals surface area contributed by atoms with Crippen LogP contribution in [0.15, 0.2) is 24.3 Å². The number of hydrogen-bond acceptors (Lipinski definition) is 0. The lowest BCUT2D eigenvalue weighted by Crippen LogP contribution is -1.61. The van der Waals surface area contributed by atoms with Gasteiger partial charge in [-0.15, -0.1) is 6.58 Å². The van der Waals surface area contributed by atoms with Gasteiger partial charge in [-0.2, -0.15) is 0 Å². The van der Waals surface area contributed by atoms with Crippen LogP contribution >= 0.6 is 0 Å². The molecule has 0 amide bonds. The molecule has 0 aromatic carbocycles. The van der Waals surface area contributed by atoms with Gasteiger partial charge in [0.15, 0.2) is 0 Å². The van der Waals surface area contributed by atoms with Crippen LogP contribution in [-0.4, -0.2) is 0 Å². The zero-order valence-electron chi connectivity index (χ0n) is 8.60. The summed E-state index contributed by atoms with van der Waals surface area (Å²) in [5.41, 5.74) is 1.66. The molecule has 0 nitrogen and oxygen atoms in total. The van der Waals surface area contributed by atoms with E-state index in [2.05, 4.69) is 26.5 Å². The Morgan fingerprint density at radius 2 is 2.00 bits per heavy atom. The van der Waals surface area contributed by atoms with Gasteiger partial charge in [0, 0.05) is 0 Å². The largest absolute Gasteiger partial charge is 0.103 e. The minimum absolute atomic E-state index is 1.18. The molecule has 0 aliphatic heterocycles. The molecule has 1 aliphatic carbocycles. The Hall–Kier alpha value is -0.520. The quantitative estimate of drug-likeness (QED) is 0.426. The molecule has 0 saturated heterocycles. The van der Waals surface area contributed by atoms with Crippen LogP contribution in [0.3, 0.4) is 0 Å². The van der Waals surface area contributed by atoms with E-state index in [9.17, 15) is 0 Å². The third-order valence-corrected chi connectivity index (χ3v) is 1.79. The molecule has 1 aliphatic rings. The van der Waals surface area contributed by atoms with Gasteiger partial charge in [-0.25, -0.2) is 0 Å². The Morgan fingerprint density at radius 1 is 1.33 bits per heavy atom. The third kappa shape index (κ3) is 9.48. The highest BCUT2D eigenvalue weighted by molar-refractivity contribution is 5.15. The first-order valence-corrected chi connectivity index (χ1v) is 5.13. The van der Waals surface area contributed by atoms with Gasteiger partial charge in [-0.05, 0) is 25.7 Å². The topological polar surface area (TPSA) is 0 Å². The summed E-state index contributed by atoms with van der Waals surface area (Å²) in [5, 5.41) is 0. The Morgan fingerprint density at radius 3 is 2.17 bits per heavy atom. The molecule has 12 heavy (non-hydrogen) atoms. The molecule has 0 aromatic heterocycles. The summed E-state index contributed by atoms with van der Waals surface area (Å²) >= 11 is 0. The van der Waals surface area contributed by atoms with Gasteiger partial charge < -0.3 is 0 Å². The zero-order valence-corrected chi connectivity index (χ0v) is 8.60. The fourth-order valence-electron chi connectivity index (χ4n) is 0.913. The van der Waals surface area contributed by atoms with Gasteiger partial charge in [-0.1, -0.05) is 44.4 Å². The molecule has 0 atom stereocenters. The summed E-state index contributed by atoms with van der Waals surface area (Å²) in [6.07, 6.45) is 12.0. The van der Waals surface area contributed by atoms with Crippen molar-refractivity contribution in [2.24, 2.45) is 0 Å². The molecule has 0 heteroatoms. The van der Waals surface area contributed by atoms with Gasteiger partial charge in [0.2, 0.25) is 0 Å². The summed E-state index contributed by atoms with van der Waals surface area (Å²) in [6.45, 7) is 7.97. The van der Waals surface area contributed by atoms with E-state index < -0.39 is 0 Å². The SMILES string of the molecule is C=CCCCC.CCC=C1CC1. The van der Waals surface area contributed by atoms with Crippen molar-refractivity contribution in [2.45, 2.75) is 52.4 Å². The lowest BCUT2D eigenvalue weighted by Gasteiger charge is -1.81. The number of unbranched alkanes of at least 4 members (excludes halogenated alkanes) is 2. The van der Waals surface area contributed by atoms with E-state index in [0.717, 1.165) is 0 Å². The first kappa shape index (κ1) is 11.5. The van der Waals surface area contributed by atoms with Crippen molar-refractivity contribution >= 4 is 0 Å². The summed E-state index contributed by atoms with van der Waals surface area (Å²) in [6, 6.07) is 0. The second-order valence-corrected chi connectivity index (χ2v) is 3.20. The number of allylic oxidation sites excluding steroid dienone is 3. The van der Waals surface area contributed by atoms with E-state index in [1.54, 1.807) is 5.57 Å². The van der Waals surface area contributed by atoms with Crippen LogP contribution in [0.4, 0.5) is 0 Å². The van der Waals surface area contributed by atoms with E-state index in [-0.39, 0.29) is 0 Å². The van der Waals surface area contributed by atoms with Crippen LogP contribution in [0.5, 0.6) is 0 Å². The molecule has 0 radical (unpaired) electrons. The van der Waals surface area contributed by atoms with Crippen molar-refractivity contribution in [3.8, 4) is 0 Å². The molecule has 70 valence electrons. The van der Waals surface area contributed by atoms with E-state index in [4.69, 9.17) is 0 Å². The Balaban J connectivity index is 0.000000202. The summed E-state index contributed by atoms with van der Waals surface area (Å²) < 4.78 is 0. The monoisotopic (exact) mass is 166 g/mol. The summed E-state index contributed by atoms with van der Waals surface area (Å²) in [7, 11) is 0. The maximum absolute atomic E-state index is 3.60. The predicted molar refractivity (Wildman–Crippen MR) is 57.3 cm³/mol. The molecule has 1 rings (SSSR count). The van der Waals surface area contributed by atoms with Crippen LogP contribution in [0.25, 0.3) is 0 Å². The molecule has 0 N–H and O–H groups in total. The second-order valence-electron chi connectivity index (χ2n) is 3.20. The molecule has 0 unspecified atom stereocenters. The van der Waals surface area contributed by atoms with Crippen LogP contribution in [0.2, 0.25) is 0 Å². The van der Waals surface area contributed by atoms with E-state index in [0.29, 0.717) is 0 Å². The van der Waals surface area contributed by atoms with E-state index in [1.165, 1.54) is 38.5 Å². The highest BCUT2D eigenvalue weighted by Crippen LogP contribution is 2.27. The average molecular weight is 166 g/mol. The minimum atomic E-state index is 1.18. The fraction of sp³-hybridized carbons (Fsp3) is 0.667. The van der Waals surface area contributed by atoms with Gasteiger partial charge >= 0.3 is 0 Å². The van der Waals surface area contributed by atoms with Crippen LogP contribution < -0.4 is 0 Å². The highest BCUT2D eigenvalue weighted by atomic mass is 14.1. The predicted octanol–water partition coefficient (Wildman–Crippen LogP) is 4.48. The van der Waals surface area contributed by atoms with Gasteiger partial charge in [0.25, 0.3) is 0 Å². The molecular weight excluding hydrogens is 144 g/mol. The molecule has 1 saturated carbocycles. The van der Waals surface area contributed by atoms with Crippen molar-refractivity contribution in [1.29, 1.82) is 0 Å². The highest BCUT2D eigenvalue weighted by Gasteiger charge is 2.07. The third-order valence-electron chi connectivity index (χ3n) is 1.79. The number of rotatable bonds is 4. The first-order chi connectivity index (χ1) is 5.85. The van der Waals surface area contributed by atoms with Crippen molar-refractivity contribution < 1.29 is 0 Å². The Labute approximate surface area is 77.4 Å². The molecule has 0 aromatic rings. The summed E-state index contributed by atoms with van der Waals surface area (Å²) in [4.78, 5) is 0. The zero-order chi connectivity index (χ0) is 9.23. The first-order valence-electron chi connectivity index (χ1n) is 5.13. The van der Waals surface area contributed by atoms with Gasteiger partial charge in [0.1, 0.15) is 0 Å². The maximum Gasteiger partial charge on any atom is -0.0283 e. The lowest BCUT2D eigenvalue weighted by atomic mass is 10.3. The smallest absolute Gasteiger partial charge is 0.0283 e. The van der Waals surface area contributed by atoms with Crippen molar-refractivity contribution in [2.75, 3.05) is 0 Å². The van der Waals surface area contributed by atoms with Crippen molar-refractivity contribution in [3.05, 3.63) is 24.3 Å². The van der Waals surface area contributed by atoms with E-state index >= 15 is 0 Å². The van der Waals surface area contributed by atoms with Crippen LogP contribution in [-0.2, 0) is 0 Å². The molecule has 0 spiro atoms. The van der Waals surface area contributed by atoms with Crippen LogP contribution in [0.1, 0.15) is 52.4 Å². The molecular formula is C12H22. The summed E-state index contributed by atoms with van der Waals surface area (Å²) in [5.74, 6) is 0. The van der Waals surface area contributed by atoms with Crippen LogP contribution in [0, 0.1) is 0 Å². The molecule has 0 heterocycles. The maximum atomic E-state index is 3.60. The molecule has 1 fully saturated rings.